The molecule has 1 saturated carbocycles. The van der Waals surface area contributed by atoms with Crippen molar-refractivity contribution < 1.29 is 9.90 Å². The van der Waals surface area contributed by atoms with Gasteiger partial charge in [-0.05, 0) is 50.2 Å². The number of aromatic nitrogens is 1. The summed E-state index contributed by atoms with van der Waals surface area (Å²) in [6.07, 6.45) is 9.33. The van der Waals surface area contributed by atoms with Gasteiger partial charge in [0.25, 0.3) is 0 Å². The Morgan fingerprint density at radius 1 is 1.35 bits per heavy atom. The van der Waals surface area contributed by atoms with Gasteiger partial charge < -0.3 is 15.7 Å². The van der Waals surface area contributed by atoms with E-state index in [1.807, 2.05) is 25.3 Å². The molecule has 1 atom stereocenters. The molecule has 1 fully saturated rings. The fraction of sp³-hybridized carbons (Fsp3) is 0.667. The van der Waals surface area contributed by atoms with Gasteiger partial charge >= 0.3 is 6.03 Å². The maximum absolute atomic E-state index is 12.1. The van der Waals surface area contributed by atoms with Gasteiger partial charge in [-0.1, -0.05) is 25.3 Å². The smallest absolute Gasteiger partial charge is 0.315 e. The Morgan fingerprint density at radius 3 is 2.78 bits per heavy atom. The van der Waals surface area contributed by atoms with Crippen molar-refractivity contribution in [1.82, 2.24) is 15.6 Å². The average Bonchev–Trinajstić information content (AvgIpc) is 2.57. The second kappa shape index (κ2) is 9.50. The first-order valence-electron chi connectivity index (χ1n) is 8.76. The zero-order chi connectivity index (χ0) is 16.5. The van der Waals surface area contributed by atoms with Crippen molar-refractivity contribution in [1.29, 1.82) is 0 Å². The number of aryl methyl sites for hydroxylation is 1. The van der Waals surface area contributed by atoms with E-state index in [1.165, 1.54) is 19.3 Å². The average molecular weight is 319 g/mol. The zero-order valence-electron chi connectivity index (χ0n) is 14.1. The molecule has 0 aromatic carbocycles. The van der Waals surface area contributed by atoms with Gasteiger partial charge in [0.05, 0.1) is 0 Å². The predicted molar refractivity (Wildman–Crippen MR) is 91.3 cm³/mol. The van der Waals surface area contributed by atoms with E-state index < -0.39 is 0 Å². The Hall–Kier alpha value is -1.62. The first-order valence-corrected chi connectivity index (χ1v) is 8.76. The molecule has 23 heavy (non-hydrogen) atoms. The third-order valence-electron chi connectivity index (χ3n) is 4.65. The van der Waals surface area contributed by atoms with Crippen LogP contribution in [0.3, 0.4) is 0 Å². The number of amides is 2. The second-order valence-electron chi connectivity index (χ2n) is 6.47. The summed E-state index contributed by atoms with van der Waals surface area (Å²) < 4.78 is 0. The molecule has 1 aromatic rings. The lowest BCUT2D eigenvalue weighted by Crippen LogP contribution is -2.46. The molecule has 1 unspecified atom stereocenters. The summed E-state index contributed by atoms with van der Waals surface area (Å²) in [6, 6.07) is 3.98. The number of aliphatic hydroxyl groups is 1. The van der Waals surface area contributed by atoms with Crippen LogP contribution < -0.4 is 10.6 Å². The van der Waals surface area contributed by atoms with Crippen molar-refractivity contribution in [2.45, 2.75) is 57.9 Å². The van der Waals surface area contributed by atoms with Gasteiger partial charge in [0.15, 0.2) is 0 Å². The van der Waals surface area contributed by atoms with Crippen molar-refractivity contribution in [3.05, 3.63) is 29.6 Å². The third kappa shape index (κ3) is 6.18. The number of carbonyl (C=O) groups is 1. The maximum atomic E-state index is 12.1. The zero-order valence-corrected chi connectivity index (χ0v) is 14.1. The fourth-order valence-corrected chi connectivity index (χ4v) is 3.29. The third-order valence-corrected chi connectivity index (χ3v) is 4.65. The highest BCUT2D eigenvalue weighted by Crippen LogP contribution is 2.27. The molecule has 0 spiro atoms. The van der Waals surface area contributed by atoms with E-state index in [2.05, 4.69) is 15.6 Å². The molecule has 128 valence electrons. The topological polar surface area (TPSA) is 74.2 Å². The Morgan fingerprint density at radius 2 is 2.13 bits per heavy atom. The number of aliphatic hydroxyl groups excluding tert-OH is 1. The largest absolute Gasteiger partial charge is 0.396 e. The maximum Gasteiger partial charge on any atom is 0.315 e. The molecule has 3 N–H and O–H groups in total. The summed E-state index contributed by atoms with van der Waals surface area (Å²) in [7, 11) is 0. The Kier molecular flexibility index (Phi) is 7.33. The van der Waals surface area contributed by atoms with Crippen LogP contribution in [-0.4, -0.2) is 35.3 Å². The lowest BCUT2D eigenvalue weighted by Gasteiger charge is -2.30. The molecular formula is C18H29N3O2. The molecule has 0 saturated heterocycles. The molecule has 1 aliphatic rings. The quantitative estimate of drug-likeness (QED) is 0.723. The van der Waals surface area contributed by atoms with Crippen LogP contribution in [-0.2, 0) is 6.42 Å². The van der Waals surface area contributed by atoms with Crippen LogP contribution >= 0.6 is 0 Å². The summed E-state index contributed by atoms with van der Waals surface area (Å²) in [5.74, 6) is 0.503. The molecule has 0 bridgehead atoms. The lowest BCUT2D eigenvalue weighted by atomic mass is 9.83. The summed E-state index contributed by atoms with van der Waals surface area (Å²) in [4.78, 5) is 16.4. The first kappa shape index (κ1) is 17.7. The minimum atomic E-state index is -0.130. The van der Waals surface area contributed by atoms with Crippen LogP contribution in [0.1, 0.15) is 49.8 Å². The molecule has 1 heterocycles. The molecule has 1 aliphatic carbocycles. The number of hydrogen-bond donors (Lipinski definition) is 3. The SMILES string of the molecule is Cc1ccc(CCNC(=O)NC(CCO)C2CCCCC2)cn1. The normalized spacial score (nSPS) is 16.8. The van der Waals surface area contributed by atoms with Crippen LogP contribution in [0, 0.1) is 12.8 Å². The highest BCUT2D eigenvalue weighted by atomic mass is 16.3. The highest BCUT2D eigenvalue weighted by Gasteiger charge is 2.24. The van der Waals surface area contributed by atoms with Crippen molar-refractivity contribution in [2.24, 2.45) is 5.92 Å². The second-order valence-corrected chi connectivity index (χ2v) is 6.47. The molecule has 5 heteroatoms. The van der Waals surface area contributed by atoms with E-state index in [0.717, 1.165) is 30.5 Å². The summed E-state index contributed by atoms with van der Waals surface area (Å²) in [5.41, 5.74) is 2.12. The summed E-state index contributed by atoms with van der Waals surface area (Å²) in [5, 5.41) is 15.2. The molecule has 0 aliphatic heterocycles. The van der Waals surface area contributed by atoms with E-state index in [1.54, 1.807) is 0 Å². The van der Waals surface area contributed by atoms with Crippen molar-refractivity contribution in [2.75, 3.05) is 13.2 Å². The number of pyridine rings is 1. The number of rotatable bonds is 7. The Balaban J connectivity index is 1.73. The summed E-state index contributed by atoms with van der Waals surface area (Å²) in [6.45, 7) is 2.67. The van der Waals surface area contributed by atoms with Gasteiger partial charge in [-0.15, -0.1) is 0 Å². The number of hydrogen-bond acceptors (Lipinski definition) is 3. The first-order chi connectivity index (χ1) is 11.2. The van der Waals surface area contributed by atoms with Gasteiger partial charge in [-0.2, -0.15) is 0 Å². The van der Waals surface area contributed by atoms with E-state index in [0.29, 0.717) is 18.9 Å². The van der Waals surface area contributed by atoms with Gasteiger partial charge in [0.2, 0.25) is 0 Å². The Labute approximate surface area is 138 Å². The van der Waals surface area contributed by atoms with Crippen LogP contribution in [0.2, 0.25) is 0 Å². The molecule has 1 aromatic heterocycles. The van der Waals surface area contributed by atoms with Crippen LogP contribution in [0.15, 0.2) is 18.3 Å². The minimum Gasteiger partial charge on any atom is -0.396 e. The van der Waals surface area contributed by atoms with Gasteiger partial charge in [-0.3, -0.25) is 4.98 Å². The van der Waals surface area contributed by atoms with Crippen LogP contribution in [0.5, 0.6) is 0 Å². The van der Waals surface area contributed by atoms with Crippen molar-refractivity contribution >= 4 is 6.03 Å². The molecular weight excluding hydrogens is 290 g/mol. The number of urea groups is 1. The number of nitrogens with zero attached hydrogens (tertiary/aromatic N) is 1. The monoisotopic (exact) mass is 319 g/mol. The van der Waals surface area contributed by atoms with Crippen LogP contribution in [0.25, 0.3) is 0 Å². The van der Waals surface area contributed by atoms with Gasteiger partial charge in [-0.25, -0.2) is 4.79 Å². The van der Waals surface area contributed by atoms with Crippen molar-refractivity contribution in [3.8, 4) is 0 Å². The molecule has 2 amide bonds. The van der Waals surface area contributed by atoms with E-state index in [-0.39, 0.29) is 18.7 Å². The Bertz CT molecular complexity index is 470. The predicted octanol–water partition coefficient (Wildman–Crippen LogP) is 2.56. The highest BCUT2D eigenvalue weighted by molar-refractivity contribution is 5.74. The summed E-state index contributed by atoms with van der Waals surface area (Å²) >= 11 is 0. The van der Waals surface area contributed by atoms with E-state index in [4.69, 9.17) is 0 Å². The number of carbonyl (C=O) groups excluding carboxylic acids is 1. The van der Waals surface area contributed by atoms with E-state index in [9.17, 15) is 9.90 Å². The van der Waals surface area contributed by atoms with Gasteiger partial charge in [0.1, 0.15) is 0 Å². The molecule has 5 nitrogen and oxygen atoms in total. The fourth-order valence-electron chi connectivity index (χ4n) is 3.29. The standard InChI is InChI=1S/C18H29N3O2/c1-14-7-8-15(13-20-14)9-11-19-18(23)21-17(10-12-22)16-5-3-2-4-6-16/h7-8,13,16-17,22H,2-6,9-12H2,1H3,(H2,19,21,23). The van der Waals surface area contributed by atoms with Gasteiger partial charge in [0, 0.05) is 31.1 Å². The van der Waals surface area contributed by atoms with Crippen molar-refractivity contribution in [3.63, 3.8) is 0 Å². The molecule has 0 radical (unpaired) electrons. The van der Waals surface area contributed by atoms with Crippen LogP contribution in [0.4, 0.5) is 4.79 Å². The minimum absolute atomic E-state index is 0.0846. The molecule has 2 rings (SSSR count). The number of nitrogens with one attached hydrogen (secondary N) is 2. The van der Waals surface area contributed by atoms with E-state index >= 15 is 0 Å². The lowest BCUT2D eigenvalue weighted by molar-refractivity contribution is 0.197.